The Morgan fingerprint density at radius 3 is 2.77 bits per heavy atom. The molecule has 3 nitrogen and oxygen atoms in total. The number of rotatable bonds is 2. The maximum atomic E-state index is 11.1. The van der Waals surface area contributed by atoms with Gasteiger partial charge in [0.05, 0.1) is 19.3 Å². The van der Waals surface area contributed by atoms with Gasteiger partial charge in [-0.15, -0.1) is 0 Å². The van der Waals surface area contributed by atoms with E-state index in [2.05, 4.69) is 20.7 Å². The lowest BCUT2D eigenvalue weighted by Gasteiger charge is -2.03. The monoisotopic (exact) mass is 244 g/mol. The molecule has 0 aromatic heterocycles. The van der Waals surface area contributed by atoms with E-state index in [1.54, 1.807) is 18.2 Å². The molecule has 0 heterocycles. The normalized spacial score (nSPS) is 9.77. The van der Waals surface area contributed by atoms with Crippen LogP contribution in [-0.4, -0.2) is 18.2 Å². The zero-order valence-electron chi connectivity index (χ0n) is 7.08. The molecular formula is C9H9BrO3. The predicted octanol–water partition coefficient (Wildman–Crippen LogP) is 1.73. The molecule has 4 heteroatoms. The first-order chi connectivity index (χ1) is 6.19. The second-order valence-corrected chi connectivity index (χ2v) is 3.32. The Bertz CT molecular complexity index is 323. The minimum atomic E-state index is -0.392. The van der Waals surface area contributed by atoms with Crippen molar-refractivity contribution in [2.24, 2.45) is 0 Å². The minimum Gasteiger partial charge on any atom is -0.465 e. The summed E-state index contributed by atoms with van der Waals surface area (Å²) in [5.74, 6) is -0.392. The van der Waals surface area contributed by atoms with Crippen LogP contribution in [0.2, 0.25) is 0 Å². The average molecular weight is 245 g/mol. The third-order valence-electron chi connectivity index (χ3n) is 1.62. The average Bonchev–Trinajstić information content (AvgIpc) is 2.16. The summed E-state index contributed by atoms with van der Waals surface area (Å²) in [4.78, 5) is 11.1. The molecule has 13 heavy (non-hydrogen) atoms. The van der Waals surface area contributed by atoms with Crippen molar-refractivity contribution in [3.8, 4) is 0 Å². The van der Waals surface area contributed by atoms with E-state index < -0.39 is 5.97 Å². The number of aliphatic hydroxyl groups excluding tert-OH is 1. The van der Waals surface area contributed by atoms with E-state index in [1.165, 1.54) is 7.11 Å². The second kappa shape index (κ2) is 4.39. The van der Waals surface area contributed by atoms with Gasteiger partial charge in [-0.2, -0.15) is 0 Å². The molecule has 1 N–H and O–H groups in total. The Morgan fingerprint density at radius 1 is 1.62 bits per heavy atom. The zero-order valence-corrected chi connectivity index (χ0v) is 8.67. The summed E-state index contributed by atoms with van der Waals surface area (Å²) in [6, 6.07) is 4.98. The number of carbonyl (C=O) groups excluding carboxylic acids is 1. The SMILES string of the molecule is COC(=O)c1ccc(CO)cc1Br. The Morgan fingerprint density at radius 2 is 2.31 bits per heavy atom. The molecule has 0 bridgehead atoms. The molecule has 70 valence electrons. The van der Waals surface area contributed by atoms with Crippen LogP contribution in [0.25, 0.3) is 0 Å². The number of methoxy groups -OCH3 is 1. The summed E-state index contributed by atoms with van der Waals surface area (Å²) in [5, 5.41) is 8.81. The first-order valence-electron chi connectivity index (χ1n) is 3.66. The van der Waals surface area contributed by atoms with E-state index in [0.717, 1.165) is 5.56 Å². The zero-order chi connectivity index (χ0) is 9.84. The van der Waals surface area contributed by atoms with Gasteiger partial charge in [-0.05, 0) is 33.6 Å². The Labute approximate surface area is 84.5 Å². The van der Waals surface area contributed by atoms with E-state index in [1.807, 2.05) is 0 Å². The number of benzene rings is 1. The highest BCUT2D eigenvalue weighted by Crippen LogP contribution is 2.19. The molecular weight excluding hydrogens is 236 g/mol. The van der Waals surface area contributed by atoms with Crippen LogP contribution in [0.4, 0.5) is 0 Å². The van der Waals surface area contributed by atoms with Gasteiger partial charge in [-0.25, -0.2) is 4.79 Å². The molecule has 0 aliphatic rings. The summed E-state index contributed by atoms with van der Waals surface area (Å²) in [5.41, 5.74) is 1.21. The van der Waals surface area contributed by atoms with E-state index in [-0.39, 0.29) is 6.61 Å². The van der Waals surface area contributed by atoms with Gasteiger partial charge < -0.3 is 9.84 Å². The first kappa shape index (κ1) is 10.2. The largest absolute Gasteiger partial charge is 0.465 e. The Balaban J connectivity index is 3.05. The standard InChI is InChI=1S/C9H9BrO3/c1-13-9(12)7-3-2-6(5-11)4-8(7)10/h2-4,11H,5H2,1H3. The summed E-state index contributed by atoms with van der Waals surface area (Å²) >= 11 is 3.22. The molecule has 1 aromatic carbocycles. The maximum absolute atomic E-state index is 11.1. The van der Waals surface area contributed by atoms with Gasteiger partial charge in [-0.1, -0.05) is 6.07 Å². The smallest absolute Gasteiger partial charge is 0.339 e. The Kier molecular flexibility index (Phi) is 3.45. The molecule has 0 amide bonds. The van der Waals surface area contributed by atoms with Crippen LogP contribution in [-0.2, 0) is 11.3 Å². The number of aliphatic hydroxyl groups is 1. The van der Waals surface area contributed by atoms with E-state index >= 15 is 0 Å². The number of esters is 1. The van der Waals surface area contributed by atoms with Crippen LogP contribution >= 0.6 is 15.9 Å². The summed E-state index contributed by atoms with van der Waals surface area (Å²) < 4.78 is 5.19. The lowest BCUT2D eigenvalue weighted by molar-refractivity contribution is 0.0599. The van der Waals surface area contributed by atoms with Crippen molar-refractivity contribution in [3.63, 3.8) is 0 Å². The van der Waals surface area contributed by atoms with Crippen molar-refractivity contribution in [2.45, 2.75) is 6.61 Å². The molecule has 0 saturated heterocycles. The van der Waals surface area contributed by atoms with E-state index in [4.69, 9.17) is 5.11 Å². The van der Waals surface area contributed by atoms with Crippen LogP contribution in [0.3, 0.4) is 0 Å². The van der Waals surface area contributed by atoms with Crippen molar-refractivity contribution in [2.75, 3.05) is 7.11 Å². The van der Waals surface area contributed by atoms with Crippen LogP contribution in [0, 0.1) is 0 Å². The third-order valence-corrected chi connectivity index (χ3v) is 2.28. The van der Waals surface area contributed by atoms with Gasteiger partial charge in [-0.3, -0.25) is 0 Å². The fourth-order valence-corrected chi connectivity index (χ4v) is 1.52. The quantitative estimate of drug-likeness (QED) is 0.807. The molecule has 0 radical (unpaired) electrons. The molecule has 1 aromatic rings. The summed E-state index contributed by atoms with van der Waals surface area (Å²) in [6.07, 6.45) is 0. The highest BCUT2D eigenvalue weighted by molar-refractivity contribution is 9.10. The molecule has 0 unspecified atom stereocenters. The summed E-state index contributed by atoms with van der Waals surface area (Å²) in [7, 11) is 1.33. The highest BCUT2D eigenvalue weighted by atomic mass is 79.9. The van der Waals surface area contributed by atoms with Gasteiger partial charge >= 0.3 is 5.97 Å². The molecule has 0 aliphatic carbocycles. The second-order valence-electron chi connectivity index (χ2n) is 2.46. The van der Waals surface area contributed by atoms with Crippen molar-refractivity contribution in [1.82, 2.24) is 0 Å². The fourth-order valence-electron chi connectivity index (χ4n) is 0.932. The molecule has 0 fully saturated rings. The molecule has 1 rings (SSSR count). The molecule has 0 spiro atoms. The van der Waals surface area contributed by atoms with Gasteiger partial charge in [0, 0.05) is 4.47 Å². The van der Waals surface area contributed by atoms with Gasteiger partial charge in [0.15, 0.2) is 0 Å². The van der Waals surface area contributed by atoms with Crippen molar-refractivity contribution < 1.29 is 14.6 Å². The van der Waals surface area contributed by atoms with Crippen molar-refractivity contribution >= 4 is 21.9 Å². The van der Waals surface area contributed by atoms with Gasteiger partial charge in [0.25, 0.3) is 0 Å². The minimum absolute atomic E-state index is 0.0416. The topological polar surface area (TPSA) is 46.5 Å². The van der Waals surface area contributed by atoms with E-state index in [9.17, 15) is 4.79 Å². The summed E-state index contributed by atoms with van der Waals surface area (Å²) in [6.45, 7) is -0.0416. The van der Waals surface area contributed by atoms with Crippen LogP contribution in [0.1, 0.15) is 15.9 Å². The van der Waals surface area contributed by atoms with Crippen LogP contribution < -0.4 is 0 Å². The van der Waals surface area contributed by atoms with Crippen molar-refractivity contribution in [3.05, 3.63) is 33.8 Å². The highest BCUT2D eigenvalue weighted by Gasteiger charge is 2.09. The van der Waals surface area contributed by atoms with Crippen LogP contribution in [0.5, 0.6) is 0 Å². The maximum Gasteiger partial charge on any atom is 0.339 e. The molecule has 0 saturated carbocycles. The van der Waals surface area contributed by atoms with Gasteiger partial charge in [0.1, 0.15) is 0 Å². The number of halogens is 1. The third kappa shape index (κ3) is 2.29. The number of hydrogen-bond acceptors (Lipinski definition) is 3. The fraction of sp³-hybridized carbons (Fsp3) is 0.222. The predicted molar refractivity (Wildman–Crippen MR) is 51.4 cm³/mol. The van der Waals surface area contributed by atoms with Crippen molar-refractivity contribution in [1.29, 1.82) is 0 Å². The van der Waals surface area contributed by atoms with Gasteiger partial charge in [0.2, 0.25) is 0 Å². The number of ether oxygens (including phenoxy) is 1. The molecule has 0 atom stereocenters. The van der Waals surface area contributed by atoms with E-state index in [0.29, 0.717) is 10.0 Å². The lowest BCUT2D eigenvalue weighted by Crippen LogP contribution is -2.02. The first-order valence-corrected chi connectivity index (χ1v) is 4.46. The molecule has 0 aliphatic heterocycles. The Hall–Kier alpha value is -0.870. The number of carbonyl (C=O) groups is 1. The lowest BCUT2D eigenvalue weighted by atomic mass is 10.1. The van der Waals surface area contributed by atoms with Crippen LogP contribution in [0.15, 0.2) is 22.7 Å². The number of hydrogen-bond donors (Lipinski definition) is 1.